The summed E-state index contributed by atoms with van der Waals surface area (Å²) in [6, 6.07) is 17.7. The molecule has 0 atom stereocenters. The third-order valence-electron chi connectivity index (χ3n) is 5.06. The lowest BCUT2D eigenvalue weighted by Crippen LogP contribution is -2.48. The molecule has 1 fully saturated rings. The molecule has 138 valence electrons. The van der Waals surface area contributed by atoms with Gasteiger partial charge in [0, 0.05) is 50.3 Å². The van der Waals surface area contributed by atoms with Crippen molar-refractivity contribution in [1.82, 2.24) is 10.3 Å². The van der Waals surface area contributed by atoms with Crippen LogP contribution in [0.25, 0.3) is 0 Å². The van der Waals surface area contributed by atoms with Crippen LogP contribution >= 0.6 is 0 Å². The Bertz CT molecular complexity index is 854. The van der Waals surface area contributed by atoms with Crippen LogP contribution in [0, 0.1) is 0 Å². The maximum Gasteiger partial charge on any atom is 0.253 e. The van der Waals surface area contributed by atoms with Gasteiger partial charge in [0.1, 0.15) is 0 Å². The summed E-state index contributed by atoms with van der Waals surface area (Å²) in [6.45, 7) is 3.06. The number of carbonyl (C=O) groups excluding carboxylic acids is 2. The lowest BCUT2D eigenvalue weighted by atomic mass is 10.0. The van der Waals surface area contributed by atoms with Gasteiger partial charge in [-0.1, -0.05) is 30.3 Å². The van der Waals surface area contributed by atoms with E-state index in [2.05, 4.69) is 27.6 Å². The van der Waals surface area contributed by atoms with Crippen LogP contribution in [0.15, 0.2) is 59.7 Å². The Morgan fingerprint density at radius 3 is 2.22 bits per heavy atom. The van der Waals surface area contributed by atoms with E-state index in [1.807, 2.05) is 47.4 Å². The van der Waals surface area contributed by atoms with Gasteiger partial charge in [-0.15, -0.1) is 0 Å². The minimum Gasteiger partial charge on any atom is -0.368 e. The molecule has 2 amide bonds. The number of piperazine rings is 1. The molecule has 0 bridgehead atoms. The molecule has 1 N–H and O–H groups in total. The Kier molecular flexibility index (Phi) is 4.87. The number of hydrogen-bond donors (Lipinski definition) is 1. The number of anilines is 1. The first-order valence-electron chi connectivity index (χ1n) is 9.26. The molecule has 0 saturated carbocycles. The number of benzene rings is 2. The Hall–Kier alpha value is -3.15. The van der Waals surface area contributed by atoms with Gasteiger partial charge >= 0.3 is 0 Å². The van der Waals surface area contributed by atoms with Crippen molar-refractivity contribution >= 4 is 23.2 Å². The van der Waals surface area contributed by atoms with Crippen LogP contribution in [0.5, 0.6) is 0 Å². The second kappa shape index (κ2) is 7.61. The average molecular weight is 362 g/mol. The van der Waals surface area contributed by atoms with Crippen LogP contribution in [0.4, 0.5) is 5.69 Å². The first kappa shape index (κ1) is 17.3. The predicted molar refractivity (Wildman–Crippen MR) is 105 cm³/mol. The maximum absolute atomic E-state index is 12.6. The number of hydrogen-bond acceptors (Lipinski definition) is 4. The molecule has 0 radical (unpaired) electrons. The highest BCUT2D eigenvalue weighted by molar-refractivity contribution is 6.04. The highest BCUT2D eigenvalue weighted by atomic mass is 16.2. The fourth-order valence-corrected chi connectivity index (χ4v) is 3.48. The lowest BCUT2D eigenvalue weighted by Gasteiger charge is -2.36. The van der Waals surface area contributed by atoms with Crippen molar-refractivity contribution in [2.24, 2.45) is 5.10 Å². The molecule has 0 spiro atoms. The molecular formula is C21H22N4O2. The van der Waals surface area contributed by atoms with E-state index in [0.717, 1.165) is 35.6 Å². The van der Waals surface area contributed by atoms with Gasteiger partial charge in [0.15, 0.2) is 0 Å². The normalized spacial score (nSPS) is 17.3. The minimum absolute atomic E-state index is 0.0294. The van der Waals surface area contributed by atoms with E-state index in [0.29, 0.717) is 25.9 Å². The average Bonchev–Trinajstić information content (AvgIpc) is 2.75. The van der Waals surface area contributed by atoms with Gasteiger partial charge in [0.2, 0.25) is 5.91 Å². The van der Waals surface area contributed by atoms with Crippen LogP contribution in [-0.4, -0.2) is 48.6 Å². The summed E-state index contributed by atoms with van der Waals surface area (Å²) in [7, 11) is 0. The fraction of sp³-hybridized carbons (Fsp3) is 0.286. The van der Waals surface area contributed by atoms with Gasteiger partial charge in [-0.05, 0) is 29.8 Å². The van der Waals surface area contributed by atoms with Gasteiger partial charge in [-0.3, -0.25) is 9.59 Å². The topological polar surface area (TPSA) is 65.0 Å². The monoisotopic (exact) mass is 362 g/mol. The minimum atomic E-state index is -0.0294. The maximum atomic E-state index is 12.6. The SMILES string of the molecule is O=C1CCC(c2ccc(N3CCN(C(=O)c4ccccc4)CC3)cc2)=NN1. The van der Waals surface area contributed by atoms with Crippen molar-refractivity contribution < 1.29 is 9.59 Å². The third kappa shape index (κ3) is 3.84. The number of amides is 2. The molecule has 2 aromatic rings. The number of nitrogens with one attached hydrogen (secondary N) is 1. The quantitative estimate of drug-likeness (QED) is 0.911. The second-order valence-electron chi connectivity index (χ2n) is 6.79. The van der Waals surface area contributed by atoms with Crippen molar-refractivity contribution in [2.75, 3.05) is 31.1 Å². The summed E-state index contributed by atoms with van der Waals surface area (Å²) in [4.78, 5) is 28.0. The molecule has 6 nitrogen and oxygen atoms in total. The van der Waals surface area contributed by atoms with Crippen molar-refractivity contribution in [3.05, 3.63) is 65.7 Å². The number of carbonyl (C=O) groups is 2. The Morgan fingerprint density at radius 1 is 0.889 bits per heavy atom. The van der Waals surface area contributed by atoms with Crippen molar-refractivity contribution in [2.45, 2.75) is 12.8 Å². The molecule has 27 heavy (non-hydrogen) atoms. The molecular weight excluding hydrogens is 340 g/mol. The molecule has 6 heteroatoms. The van der Waals surface area contributed by atoms with Crippen molar-refractivity contribution in [3.63, 3.8) is 0 Å². The van der Waals surface area contributed by atoms with E-state index in [-0.39, 0.29) is 11.8 Å². The summed E-state index contributed by atoms with van der Waals surface area (Å²) in [5.74, 6) is 0.0706. The molecule has 2 heterocycles. The molecule has 1 saturated heterocycles. The second-order valence-corrected chi connectivity index (χ2v) is 6.79. The van der Waals surface area contributed by atoms with Crippen LogP contribution in [-0.2, 0) is 4.79 Å². The lowest BCUT2D eigenvalue weighted by molar-refractivity contribution is -0.121. The van der Waals surface area contributed by atoms with E-state index in [4.69, 9.17) is 0 Å². The van der Waals surface area contributed by atoms with E-state index >= 15 is 0 Å². The predicted octanol–water partition coefficient (Wildman–Crippen LogP) is 2.26. The van der Waals surface area contributed by atoms with Crippen molar-refractivity contribution in [1.29, 1.82) is 0 Å². The molecule has 0 unspecified atom stereocenters. The summed E-state index contributed by atoms with van der Waals surface area (Å²) >= 11 is 0. The molecule has 2 aliphatic rings. The highest BCUT2D eigenvalue weighted by Crippen LogP contribution is 2.20. The van der Waals surface area contributed by atoms with E-state index < -0.39 is 0 Å². The van der Waals surface area contributed by atoms with Gasteiger partial charge in [-0.25, -0.2) is 5.43 Å². The van der Waals surface area contributed by atoms with Gasteiger partial charge in [0.05, 0.1) is 5.71 Å². The first-order chi connectivity index (χ1) is 13.2. The molecule has 0 aromatic heterocycles. The van der Waals surface area contributed by atoms with E-state index in [1.165, 1.54) is 0 Å². The van der Waals surface area contributed by atoms with Crippen LogP contribution in [0.2, 0.25) is 0 Å². The molecule has 2 aliphatic heterocycles. The van der Waals surface area contributed by atoms with Gasteiger partial charge in [0.25, 0.3) is 5.91 Å². The Balaban J connectivity index is 1.37. The van der Waals surface area contributed by atoms with Gasteiger partial charge < -0.3 is 9.80 Å². The number of hydrazone groups is 1. The largest absolute Gasteiger partial charge is 0.368 e. The third-order valence-corrected chi connectivity index (χ3v) is 5.06. The number of nitrogens with zero attached hydrogens (tertiary/aromatic N) is 3. The summed E-state index contributed by atoms with van der Waals surface area (Å²) < 4.78 is 0. The summed E-state index contributed by atoms with van der Waals surface area (Å²) in [6.07, 6.45) is 1.16. The highest BCUT2D eigenvalue weighted by Gasteiger charge is 2.22. The van der Waals surface area contributed by atoms with Crippen LogP contribution in [0.3, 0.4) is 0 Å². The van der Waals surface area contributed by atoms with E-state index in [1.54, 1.807) is 0 Å². The van der Waals surface area contributed by atoms with E-state index in [9.17, 15) is 9.59 Å². The zero-order valence-electron chi connectivity index (χ0n) is 15.1. The smallest absolute Gasteiger partial charge is 0.253 e. The Labute approximate surface area is 158 Å². The van der Waals surface area contributed by atoms with Crippen molar-refractivity contribution in [3.8, 4) is 0 Å². The van der Waals surface area contributed by atoms with Crippen LogP contribution in [0.1, 0.15) is 28.8 Å². The summed E-state index contributed by atoms with van der Waals surface area (Å²) in [5, 5.41) is 4.14. The zero-order chi connectivity index (χ0) is 18.6. The standard InChI is InChI=1S/C21H22N4O2/c26-20-11-10-19(22-23-20)16-6-8-18(9-7-16)24-12-14-25(15-13-24)21(27)17-4-2-1-3-5-17/h1-9H,10-15H2,(H,23,26). The summed E-state index contributed by atoms with van der Waals surface area (Å²) in [5.41, 5.74) is 6.38. The Morgan fingerprint density at radius 2 is 1.59 bits per heavy atom. The zero-order valence-corrected chi connectivity index (χ0v) is 15.1. The first-order valence-corrected chi connectivity index (χ1v) is 9.26. The molecule has 4 rings (SSSR count). The molecule has 2 aromatic carbocycles. The molecule has 0 aliphatic carbocycles. The van der Waals surface area contributed by atoms with Crippen LogP contribution < -0.4 is 10.3 Å². The van der Waals surface area contributed by atoms with Gasteiger partial charge in [-0.2, -0.15) is 5.10 Å². The fourth-order valence-electron chi connectivity index (χ4n) is 3.48. The number of rotatable bonds is 3.